The Bertz CT molecular complexity index is 413. The fourth-order valence-corrected chi connectivity index (χ4v) is 2.38. The number of carboxylic acids is 1. The molecule has 19 heavy (non-hydrogen) atoms. The van der Waals surface area contributed by atoms with E-state index in [9.17, 15) is 9.90 Å². The lowest BCUT2D eigenvalue weighted by molar-refractivity contribution is -0.146. The number of pyridine rings is 1. The highest BCUT2D eigenvalue weighted by atomic mass is 16.5. The molecule has 0 radical (unpaired) electrons. The van der Waals surface area contributed by atoms with Crippen LogP contribution in [-0.2, 0) is 16.1 Å². The van der Waals surface area contributed by atoms with Crippen molar-refractivity contribution in [1.82, 2.24) is 4.98 Å². The third kappa shape index (κ3) is 4.01. The van der Waals surface area contributed by atoms with Crippen LogP contribution in [0.25, 0.3) is 0 Å². The second kappa shape index (κ2) is 6.12. The van der Waals surface area contributed by atoms with Crippen molar-refractivity contribution in [2.24, 2.45) is 5.92 Å². The molecule has 0 bridgehead atoms. The number of aliphatic carboxylic acids is 1. The fourth-order valence-electron chi connectivity index (χ4n) is 2.38. The van der Waals surface area contributed by atoms with Gasteiger partial charge in [-0.15, -0.1) is 0 Å². The quantitative estimate of drug-likeness (QED) is 0.845. The predicted octanol–water partition coefficient (Wildman–Crippen LogP) is 1.60. The molecule has 1 saturated carbocycles. The van der Waals surface area contributed by atoms with Crippen LogP contribution in [-0.4, -0.2) is 33.4 Å². The summed E-state index contributed by atoms with van der Waals surface area (Å²) >= 11 is 0. The zero-order valence-electron chi connectivity index (χ0n) is 10.8. The first-order chi connectivity index (χ1) is 9.09. The van der Waals surface area contributed by atoms with Gasteiger partial charge in [0, 0.05) is 6.20 Å². The van der Waals surface area contributed by atoms with E-state index in [1.807, 2.05) is 18.2 Å². The minimum atomic E-state index is -0.888. The third-order valence-corrected chi connectivity index (χ3v) is 3.61. The molecule has 2 N–H and O–H groups in total. The molecule has 0 aliphatic heterocycles. The molecule has 0 spiro atoms. The van der Waals surface area contributed by atoms with E-state index in [-0.39, 0.29) is 12.5 Å². The predicted molar refractivity (Wildman–Crippen MR) is 68.4 cm³/mol. The van der Waals surface area contributed by atoms with Gasteiger partial charge < -0.3 is 14.9 Å². The van der Waals surface area contributed by atoms with Crippen LogP contribution >= 0.6 is 0 Å². The highest BCUT2D eigenvalue weighted by molar-refractivity contribution is 5.70. The Morgan fingerprint density at radius 1 is 1.42 bits per heavy atom. The molecule has 0 aromatic carbocycles. The lowest BCUT2D eigenvalue weighted by Gasteiger charge is -2.34. The summed E-state index contributed by atoms with van der Waals surface area (Å²) in [6.07, 6.45) is 3.68. The summed E-state index contributed by atoms with van der Waals surface area (Å²) in [6.45, 7) is 0.599. The van der Waals surface area contributed by atoms with Crippen LogP contribution in [0.5, 0.6) is 0 Å². The normalized spacial score (nSPS) is 27.1. The van der Waals surface area contributed by atoms with E-state index in [2.05, 4.69) is 4.98 Å². The number of nitrogens with zero attached hydrogens (tertiary/aromatic N) is 1. The average molecular weight is 265 g/mol. The molecule has 1 aliphatic rings. The Hall–Kier alpha value is -1.46. The van der Waals surface area contributed by atoms with Crippen LogP contribution in [0, 0.1) is 5.92 Å². The van der Waals surface area contributed by atoms with Crippen molar-refractivity contribution >= 4 is 5.97 Å². The van der Waals surface area contributed by atoms with Crippen molar-refractivity contribution in [3.63, 3.8) is 0 Å². The highest BCUT2D eigenvalue weighted by Gasteiger charge is 2.35. The van der Waals surface area contributed by atoms with E-state index in [0.717, 1.165) is 5.69 Å². The van der Waals surface area contributed by atoms with Crippen molar-refractivity contribution in [3.8, 4) is 0 Å². The van der Waals surface area contributed by atoms with Crippen LogP contribution in [0.15, 0.2) is 24.4 Å². The maximum Gasteiger partial charge on any atom is 0.306 e. The van der Waals surface area contributed by atoms with Crippen LogP contribution in [0.1, 0.15) is 31.4 Å². The summed E-state index contributed by atoms with van der Waals surface area (Å²) < 4.78 is 5.50. The molecule has 0 amide bonds. The summed E-state index contributed by atoms with van der Waals surface area (Å²) in [4.78, 5) is 15.0. The van der Waals surface area contributed by atoms with Gasteiger partial charge in [0.15, 0.2) is 0 Å². The monoisotopic (exact) mass is 265 g/mol. The average Bonchev–Trinajstić information content (AvgIpc) is 2.40. The van der Waals surface area contributed by atoms with Gasteiger partial charge in [-0.3, -0.25) is 9.78 Å². The molecule has 1 fully saturated rings. The van der Waals surface area contributed by atoms with Gasteiger partial charge in [0.2, 0.25) is 0 Å². The number of carbonyl (C=O) groups is 1. The molecular formula is C14H19NO4. The molecule has 2 rings (SSSR count). The number of aliphatic hydroxyl groups is 1. The summed E-state index contributed by atoms with van der Waals surface area (Å²) in [7, 11) is 0. The van der Waals surface area contributed by atoms with Crippen LogP contribution in [0.2, 0.25) is 0 Å². The molecule has 1 aliphatic carbocycles. The zero-order chi connectivity index (χ0) is 13.7. The molecule has 5 nitrogen and oxygen atoms in total. The van der Waals surface area contributed by atoms with Gasteiger partial charge in [-0.2, -0.15) is 0 Å². The van der Waals surface area contributed by atoms with Crippen molar-refractivity contribution in [1.29, 1.82) is 0 Å². The van der Waals surface area contributed by atoms with Gasteiger partial charge in [0.1, 0.15) is 0 Å². The minimum absolute atomic E-state index is 0.232. The zero-order valence-corrected chi connectivity index (χ0v) is 10.8. The highest BCUT2D eigenvalue weighted by Crippen LogP contribution is 2.32. The first kappa shape index (κ1) is 14.0. The van der Waals surface area contributed by atoms with Gasteiger partial charge in [-0.25, -0.2) is 0 Å². The topological polar surface area (TPSA) is 79.7 Å². The summed E-state index contributed by atoms with van der Waals surface area (Å²) in [5, 5.41) is 19.2. The van der Waals surface area contributed by atoms with E-state index in [1.165, 1.54) is 0 Å². The number of hydrogen-bond acceptors (Lipinski definition) is 4. The van der Waals surface area contributed by atoms with Gasteiger partial charge in [0.25, 0.3) is 0 Å². The minimum Gasteiger partial charge on any atom is -0.481 e. The number of hydrogen-bond donors (Lipinski definition) is 2. The first-order valence-electron chi connectivity index (χ1n) is 6.52. The molecular weight excluding hydrogens is 246 g/mol. The SMILES string of the molecule is O=C(O)C1CCC(O)(COCc2ccccn2)CC1. The largest absolute Gasteiger partial charge is 0.481 e. The maximum atomic E-state index is 10.8. The van der Waals surface area contributed by atoms with Crippen molar-refractivity contribution in [3.05, 3.63) is 30.1 Å². The van der Waals surface area contributed by atoms with Gasteiger partial charge >= 0.3 is 5.97 Å². The van der Waals surface area contributed by atoms with E-state index < -0.39 is 11.6 Å². The Morgan fingerprint density at radius 3 is 2.74 bits per heavy atom. The summed E-state index contributed by atoms with van der Waals surface area (Å²) in [5.41, 5.74) is -0.0638. The van der Waals surface area contributed by atoms with Crippen molar-refractivity contribution in [2.75, 3.05) is 6.61 Å². The fraction of sp³-hybridized carbons (Fsp3) is 0.571. The Labute approximate surface area is 112 Å². The Balaban J connectivity index is 1.75. The summed E-state index contributed by atoms with van der Waals surface area (Å²) in [5.74, 6) is -1.09. The molecule has 0 unspecified atom stereocenters. The van der Waals surface area contributed by atoms with Crippen LogP contribution in [0.3, 0.4) is 0 Å². The van der Waals surface area contributed by atoms with Crippen molar-refractivity contribution < 1.29 is 19.7 Å². The van der Waals surface area contributed by atoms with E-state index in [0.29, 0.717) is 32.3 Å². The molecule has 5 heteroatoms. The lowest BCUT2D eigenvalue weighted by atomic mass is 9.79. The Kier molecular flexibility index (Phi) is 4.50. The van der Waals surface area contributed by atoms with Gasteiger partial charge in [-0.05, 0) is 37.8 Å². The third-order valence-electron chi connectivity index (χ3n) is 3.61. The Morgan fingerprint density at radius 2 is 2.16 bits per heavy atom. The number of rotatable bonds is 5. The number of aromatic nitrogens is 1. The second-order valence-corrected chi connectivity index (χ2v) is 5.15. The molecule has 1 aromatic heterocycles. The second-order valence-electron chi connectivity index (χ2n) is 5.15. The molecule has 0 saturated heterocycles. The molecule has 1 aromatic rings. The first-order valence-corrected chi connectivity index (χ1v) is 6.52. The van der Waals surface area contributed by atoms with E-state index in [1.54, 1.807) is 6.20 Å². The van der Waals surface area contributed by atoms with Crippen LogP contribution in [0.4, 0.5) is 0 Å². The van der Waals surface area contributed by atoms with Crippen LogP contribution < -0.4 is 0 Å². The number of carboxylic acid groups (broad SMARTS) is 1. The molecule has 0 atom stereocenters. The number of ether oxygens (including phenoxy) is 1. The lowest BCUT2D eigenvalue weighted by Crippen LogP contribution is -2.40. The maximum absolute atomic E-state index is 10.8. The summed E-state index contributed by atoms with van der Waals surface area (Å²) in [6, 6.07) is 5.59. The standard InChI is InChI=1S/C14H19NO4/c16-13(17)11-4-6-14(18,7-5-11)10-19-9-12-3-1-2-8-15-12/h1-3,8,11,18H,4-7,9-10H2,(H,16,17). The van der Waals surface area contributed by atoms with E-state index >= 15 is 0 Å². The molecule has 104 valence electrons. The van der Waals surface area contributed by atoms with E-state index in [4.69, 9.17) is 9.84 Å². The van der Waals surface area contributed by atoms with Crippen molar-refractivity contribution in [2.45, 2.75) is 37.9 Å². The smallest absolute Gasteiger partial charge is 0.306 e. The van der Waals surface area contributed by atoms with Gasteiger partial charge in [0.05, 0.1) is 30.4 Å². The molecule has 1 heterocycles. The van der Waals surface area contributed by atoms with Gasteiger partial charge in [-0.1, -0.05) is 6.07 Å².